The molecule has 1 N–H and O–H groups in total. The number of ether oxygens (including phenoxy) is 2. The van der Waals surface area contributed by atoms with Crippen LogP contribution in [0.5, 0.6) is 11.5 Å². The van der Waals surface area contributed by atoms with Gasteiger partial charge in [0.25, 0.3) is 0 Å². The molecule has 0 spiro atoms. The van der Waals surface area contributed by atoms with E-state index in [0.29, 0.717) is 40.3 Å². The summed E-state index contributed by atoms with van der Waals surface area (Å²) in [7, 11) is 0. The number of aryl methyl sites for hydroxylation is 2. The van der Waals surface area contributed by atoms with E-state index in [1.54, 1.807) is 18.2 Å². The second-order valence-corrected chi connectivity index (χ2v) is 8.43. The quantitative estimate of drug-likeness (QED) is 0.287. The molecule has 0 heterocycles. The topological polar surface area (TPSA) is 59.9 Å². The molecule has 0 fully saturated rings. The van der Waals surface area contributed by atoms with Gasteiger partial charge in [0.2, 0.25) is 5.91 Å². The first kappa shape index (κ1) is 24.6. The van der Waals surface area contributed by atoms with Gasteiger partial charge in [0, 0.05) is 5.02 Å². The molecule has 3 rings (SSSR count). The molecule has 0 aliphatic heterocycles. The van der Waals surface area contributed by atoms with Gasteiger partial charge in [-0.25, -0.2) is 5.43 Å². The van der Waals surface area contributed by atoms with Crippen LogP contribution in [0, 0.1) is 13.8 Å². The molecule has 33 heavy (non-hydrogen) atoms. The average Bonchev–Trinajstić information content (AvgIpc) is 2.75. The van der Waals surface area contributed by atoms with Crippen molar-refractivity contribution in [3.63, 3.8) is 0 Å². The molecule has 0 bridgehead atoms. The van der Waals surface area contributed by atoms with Crippen molar-refractivity contribution in [3.05, 3.63) is 92.5 Å². The van der Waals surface area contributed by atoms with Crippen molar-refractivity contribution in [1.29, 1.82) is 0 Å². The molecular formula is C26H26Cl2N2O3. The van der Waals surface area contributed by atoms with Crippen LogP contribution in [-0.4, -0.2) is 18.7 Å². The Balaban J connectivity index is 1.67. The van der Waals surface area contributed by atoms with Crippen LogP contribution in [0.25, 0.3) is 0 Å². The number of carbonyl (C=O) groups excluding carboxylic acids is 1. The average molecular weight is 485 g/mol. The molecule has 0 atom stereocenters. The summed E-state index contributed by atoms with van der Waals surface area (Å²) in [5, 5.41) is 5.08. The minimum atomic E-state index is -0.198. The van der Waals surface area contributed by atoms with E-state index in [0.717, 1.165) is 22.3 Å². The molecule has 1 amide bonds. The Kier molecular flexibility index (Phi) is 8.75. The van der Waals surface area contributed by atoms with Crippen LogP contribution in [0.3, 0.4) is 0 Å². The predicted molar refractivity (Wildman–Crippen MR) is 134 cm³/mol. The van der Waals surface area contributed by atoms with Gasteiger partial charge in [-0.2, -0.15) is 5.10 Å². The van der Waals surface area contributed by atoms with Crippen LogP contribution in [0.2, 0.25) is 10.0 Å². The number of amides is 1. The minimum Gasteiger partial charge on any atom is -0.490 e. The predicted octanol–water partition coefficient (Wildman–Crippen LogP) is 6.28. The smallest absolute Gasteiger partial charge is 0.244 e. The first-order valence-corrected chi connectivity index (χ1v) is 11.3. The van der Waals surface area contributed by atoms with E-state index in [4.69, 9.17) is 32.7 Å². The van der Waals surface area contributed by atoms with Crippen molar-refractivity contribution >= 4 is 35.3 Å². The van der Waals surface area contributed by atoms with Gasteiger partial charge in [-0.1, -0.05) is 59.1 Å². The van der Waals surface area contributed by atoms with Gasteiger partial charge in [0.15, 0.2) is 11.5 Å². The number of nitrogens with zero attached hydrogens (tertiary/aromatic N) is 1. The molecule has 7 heteroatoms. The summed E-state index contributed by atoms with van der Waals surface area (Å²) in [6.07, 6.45) is 1.78. The second-order valence-electron chi connectivity index (χ2n) is 7.58. The highest BCUT2D eigenvalue weighted by Crippen LogP contribution is 2.37. The number of halogens is 2. The van der Waals surface area contributed by atoms with Gasteiger partial charge in [-0.15, -0.1) is 0 Å². The number of hydrogen-bond donors (Lipinski definition) is 1. The van der Waals surface area contributed by atoms with E-state index in [2.05, 4.69) is 16.6 Å². The van der Waals surface area contributed by atoms with Crippen molar-refractivity contribution in [1.82, 2.24) is 5.43 Å². The van der Waals surface area contributed by atoms with Crippen LogP contribution >= 0.6 is 23.2 Å². The number of benzene rings is 3. The molecule has 0 aliphatic carbocycles. The van der Waals surface area contributed by atoms with Crippen LogP contribution in [0.1, 0.15) is 34.7 Å². The summed E-state index contributed by atoms with van der Waals surface area (Å²) in [5.41, 5.74) is 7.36. The Morgan fingerprint density at radius 2 is 1.88 bits per heavy atom. The molecule has 0 aromatic heterocycles. The zero-order valence-electron chi connectivity index (χ0n) is 18.8. The van der Waals surface area contributed by atoms with Crippen molar-refractivity contribution in [2.45, 2.75) is 33.8 Å². The lowest BCUT2D eigenvalue weighted by molar-refractivity contribution is -0.120. The van der Waals surface area contributed by atoms with Crippen molar-refractivity contribution in [2.75, 3.05) is 6.61 Å². The summed E-state index contributed by atoms with van der Waals surface area (Å²) in [6, 6.07) is 16.9. The highest BCUT2D eigenvalue weighted by Gasteiger charge is 2.13. The first-order chi connectivity index (χ1) is 15.9. The Bertz CT molecular complexity index is 1160. The van der Waals surface area contributed by atoms with Gasteiger partial charge in [-0.3, -0.25) is 4.79 Å². The molecule has 0 radical (unpaired) electrons. The Hall–Kier alpha value is -3.02. The third-order valence-corrected chi connectivity index (χ3v) is 5.37. The third kappa shape index (κ3) is 7.24. The van der Waals surface area contributed by atoms with Crippen molar-refractivity contribution in [2.24, 2.45) is 5.10 Å². The number of carbonyl (C=O) groups is 1. The van der Waals surface area contributed by atoms with E-state index >= 15 is 0 Å². The van der Waals surface area contributed by atoms with Crippen molar-refractivity contribution < 1.29 is 14.3 Å². The summed E-state index contributed by atoms with van der Waals surface area (Å²) < 4.78 is 11.6. The first-order valence-electron chi connectivity index (χ1n) is 10.6. The maximum absolute atomic E-state index is 12.3. The van der Waals surface area contributed by atoms with Crippen LogP contribution in [0.15, 0.2) is 59.7 Å². The minimum absolute atomic E-state index is 0.198. The largest absolute Gasteiger partial charge is 0.490 e. The van der Waals surface area contributed by atoms with Gasteiger partial charge in [-0.05, 0) is 67.3 Å². The highest BCUT2D eigenvalue weighted by atomic mass is 35.5. The highest BCUT2D eigenvalue weighted by molar-refractivity contribution is 6.32. The zero-order valence-corrected chi connectivity index (χ0v) is 20.3. The summed E-state index contributed by atoms with van der Waals surface area (Å²) in [4.78, 5) is 12.3. The van der Waals surface area contributed by atoms with Gasteiger partial charge < -0.3 is 9.47 Å². The molecule has 5 nitrogen and oxygen atoms in total. The molecule has 0 unspecified atom stereocenters. The van der Waals surface area contributed by atoms with E-state index < -0.39 is 0 Å². The summed E-state index contributed by atoms with van der Waals surface area (Å²) in [6.45, 7) is 6.63. The van der Waals surface area contributed by atoms with Crippen molar-refractivity contribution in [3.8, 4) is 11.5 Å². The lowest BCUT2D eigenvalue weighted by atomic mass is 10.0. The second kappa shape index (κ2) is 11.7. The fraction of sp³-hybridized carbons (Fsp3) is 0.231. The molecule has 3 aromatic carbocycles. The molecule has 0 saturated heterocycles. The van der Waals surface area contributed by atoms with Crippen LogP contribution < -0.4 is 14.9 Å². The molecule has 172 valence electrons. The standard InChI is InChI=1S/C26H26Cl2N2O3/c1-4-32-24-13-20(12-23(28)26(24)33-16-19-6-5-7-22(27)11-19)15-29-30-25(31)14-21-9-8-17(2)10-18(21)3/h5-13,15H,4,14,16H2,1-3H3,(H,30,31)/b29-15+. The van der Waals surface area contributed by atoms with E-state index in [9.17, 15) is 4.79 Å². The summed E-state index contributed by atoms with van der Waals surface area (Å²) in [5.74, 6) is 0.736. The Morgan fingerprint density at radius 3 is 2.61 bits per heavy atom. The molecular weight excluding hydrogens is 459 g/mol. The normalized spacial score (nSPS) is 10.9. The number of rotatable bonds is 9. The third-order valence-electron chi connectivity index (χ3n) is 4.86. The van der Waals surface area contributed by atoms with Gasteiger partial charge in [0.1, 0.15) is 6.61 Å². The van der Waals surface area contributed by atoms with E-state index in [1.807, 2.05) is 51.1 Å². The maximum atomic E-state index is 12.3. The van der Waals surface area contributed by atoms with E-state index in [1.165, 1.54) is 6.21 Å². The monoisotopic (exact) mass is 484 g/mol. The number of hydrazone groups is 1. The van der Waals surface area contributed by atoms with E-state index in [-0.39, 0.29) is 12.3 Å². The fourth-order valence-corrected chi connectivity index (χ4v) is 3.77. The van der Waals surface area contributed by atoms with Crippen LogP contribution in [0.4, 0.5) is 0 Å². The number of nitrogens with one attached hydrogen (secondary N) is 1. The number of hydrogen-bond acceptors (Lipinski definition) is 4. The Labute approximate surface area is 204 Å². The zero-order chi connectivity index (χ0) is 23.8. The molecule has 0 saturated carbocycles. The van der Waals surface area contributed by atoms with Gasteiger partial charge in [0.05, 0.1) is 24.3 Å². The summed E-state index contributed by atoms with van der Waals surface area (Å²) >= 11 is 12.5. The lowest BCUT2D eigenvalue weighted by Gasteiger charge is -2.14. The Morgan fingerprint density at radius 1 is 1.06 bits per heavy atom. The lowest BCUT2D eigenvalue weighted by Crippen LogP contribution is -2.20. The SMILES string of the molecule is CCOc1cc(/C=N/NC(=O)Cc2ccc(C)cc2C)cc(Cl)c1OCc1cccc(Cl)c1. The van der Waals surface area contributed by atoms with Crippen LogP contribution in [-0.2, 0) is 17.8 Å². The molecule has 0 aliphatic rings. The molecule has 3 aromatic rings. The fourth-order valence-electron chi connectivity index (χ4n) is 3.28. The van der Waals surface area contributed by atoms with Gasteiger partial charge >= 0.3 is 0 Å². The maximum Gasteiger partial charge on any atom is 0.244 e.